The zero-order valence-corrected chi connectivity index (χ0v) is 18.9. The van der Waals surface area contributed by atoms with Crippen LogP contribution in [-0.2, 0) is 6.42 Å². The summed E-state index contributed by atoms with van der Waals surface area (Å²) in [5, 5.41) is 0. The number of amides is 1. The Kier molecular flexibility index (Phi) is 5.36. The van der Waals surface area contributed by atoms with Crippen LogP contribution in [0.5, 0.6) is 0 Å². The van der Waals surface area contributed by atoms with Crippen LogP contribution in [0.15, 0.2) is 6.20 Å². The Morgan fingerprint density at radius 3 is 2.65 bits per heavy atom. The fourth-order valence-electron chi connectivity index (χ4n) is 5.02. The maximum atomic E-state index is 13.2. The molecule has 2 aromatic rings. The fourth-order valence-corrected chi connectivity index (χ4v) is 5.02. The first-order valence-corrected chi connectivity index (χ1v) is 11.7. The molecule has 0 aromatic carbocycles. The third kappa shape index (κ3) is 4.14. The Morgan fingerprint density at radius 2 is 1.87 bits per heavy atom. The minimum atomic E-state index is 0.0206. The molecule has 3 aliphatic rings. The van der Waals surface area contributed by atoms with Crippen LogP contribution in [0.1, 0.15) is 77.0 Å². The van der Waals surface area contributed by atoms with E-state index in [-0.39, 0.29) is 11.8 Å². The molecule has 1 aliphatic carbocycles. The van der Waals surface area contributed by atoms with Crippen LogP contribution in [0, 0.1) is 26.7 Å². The van der Waals surface area contributed by atoms with Gasteiger partial charge < -0.3 is 9.80 Å². The largest absolute Gasteiger partial charge is 0.356 e. The lowest BCUT2D eigenvalue weighted by Gasteiger charge is -2.34. The quantitative estimate of drug-likeness (QED) is 0.755. The van der Waals surface area contributed by atoms with Crippen LogP contribution in [0.25, 0.3) is 0 Å². The summed E-state index contributed by atoms with van der Waals surface area (Å²) < 4.78 is 0. The first-order valence-electron chi connectivity index (χ1n) is 11.7. The Bertz CT molecular complexity index is 1000. The van der Waals surface area contributed by atoms with E-state index in [1.54, 1.807) is 6.20 Å². The summed E-state index contributed by atoms with van der Waals surface area (Å²) in [6.07, 6.45) is 8.62. The molecule has 0 bridgehead atoms. The van der Waals surface area contributed by atoms with Crippen molar-refractivity contribution in [2.45, 2.75) is 65.2 Å². The molecule has 1 saturated heterocycles. The number of carbonyl (C=O) groups is 1. The van der Waals surface area contributed by atoms with Gasteiger partial charge in [0.1, 0.15) is 17.5 Å². The predicted octanol–water partition coefficient (Wildman–Crippen LogP) is 3.37. The van der Waals surface area contributed by atoms with E-state index in [0.717, 1.165) is 67.8 Å². The number of carbonyl (C=O) groups excluding carboxylic acids is 1. The smallest absolute Gasteiger partial charge is 0.257 e. The van der Waals surface area contributed by atoms with Gasteiger partial charge in [-0.2, -0.15) is 0 Å². The van der Waals surface area contributed by atoms with Crippen LogP contribution < -0.4 is 4.90 Å². The fraction of sp³-hybridized carbons (Fsp3) is 0.625. The van der Waals surface area contributed by atoms with Crippen molar-refractivity contribution in [3.05, 3.63) is 40.4 Å². The molecule has 7 nitrogen and oxygen atoms in total. The van der Waals surface area contributed by atoms with Crippen molar-refractivity contribution < 1.29 is 4.79 Å². The summed E-state index contributed by atoms with van der Waals surface area (Å²) in [4.78, 5) is 36.3. The van der Waals surface area contributed by atoms with Gasteiger partial charge in [-0.05, 0) is 65.2 Å². The number of rotatable bonds is 4. The van der Waals surface area contributed by atoms with Gasteiger partial charge >= 0.3 is 0 Å². The van der Waals surface area contributed by atoms with Crippen LogP contribution in [0.3, 0.4) is 0 Å². The zero-order chi connectivity index (χ0) is 21.5. The van der Waals surface area contributed by atoms with E-state index in [1.807, 2.05) is 18.7 Å². The van der Waals surface area contributed by atoms with Crippen LogP contribution in [0.2, 0.25) is 0 Å². The molecule has 0 spiro atoms. The summed E-state index contributed by atoms with van der Waals surface area (Å²) >= 11 is 0. The molecule has 4 heterocycles. The summed E-state index contributed by atoms with van der Waals surface area (Å²) in [5.74, 6) is 3.80. The lowest BCUT2D eigenvalue weighted by Crippen LogP contribution is -2.40. The van der Waals surface area contributed by atoms with Crippen molar-refractivity contribution in [1.82, 2.24) is 24.8 Å². The van der Waals surface area contributed by atoms with E-state index in [2.05, 4.69) is 21.8 Å². The van der Waals surface area contributed by atoms with E-state index < -0.39 is 0 Å². The molecular weight excluding hydrogens is 388 g/mol. The molecule has 1 unspecified atom stereocenters. The highest BCUT2D eigenvalue weighted by atomic mass is 16.2. The van der Waals surface area contributed by atoms with Gasteiger partial charge in [-0.3, -0.25) is 4.79 Å². The van der Waals surface area contributed by atoms with Gasteiger partial charge in [-0.25, -0.2) is 19.9 Å². The van der Waals surface area contributed by atoms with Crippen molar-refractivity contribution in [3.8, 4) is 0 Å². The van der Waals surface area contributed by atoms with Gasteiger partial charge in [-0.1, -0.05) is 0 Å². The Labute approximate surface area is 184 Å². The van der Waals surface area contributed by atoms with Crippen LogP contribution >= 0.6 is 0 Å². The standard InChI is InChI=1S/C24H32N6O/c1-15-20-7-5-10-29(13-18-8-9-18)23(20)28-22(27-15)19-6-4-11-30(14-19)24(31)21-12-25-17(3)26-16(21)2/h12,18-19H,4-11,13-14H2,1-3H3. The Balaban J connectivity index is 1.38. The second kappa shape index (κ2) is 8.17. The van der Waals surface area contributed by atoms with E-state index in [9.17, 15) is 4.79 Å². The van der Waals surface area contributed by atoms with Crippen molar-refractivity contribution in [2.24, 2.45) is 5.92 Å². The highest BCUT2D eigenvalue weighted by Crippen LogP contribution is 2.36. The van der Waals surface area contributed by atoms with E-state index in [1.165, 1.54) is 24.8 Å². The number of aromatic nitrogens is 4. The highest BCUT2D eigenvalue weighted by molar-refractivity contribution is 5.95. The molecule has 2 aromatic heterocycles. The molecule has 2 fully saturated rings. The first-order chi connectivity index (χ1) is 15.0. The van der Waals surface area contributed by atoms with E-state index in [0.29, 0.717) is 17.9 Å². The SMILES string of the molecule is Cc1ncc(C(=O)N2CCCC(c3nc(C)c4c(n3)N(CC3CC3)CCC4)C2)c(C)n1. The number of hydrogen-bond acceptors (Lipinski definition) is 6. The van der Waals surface area contributed by atoms with Gasteiger partial charge in [0.15, 0.2) is 0 Å². The first kappa shape index (κ1) is 20.3. The van der Waals surface area contributed by atoms with Gasteiger partial charge in [0, 0.05) is 49.6 Å². The normalized spacial score (nSPS) is 21.2. The number of nitrogens with zero attached hydrogens (tertiary/aromatic N) is 6. The molecule has 1 saturated carbocycles. The molecular formula is C24H32N6O. The molecule has 0 N–H and O–H groups in total. The lowest BCUT2D eigenvalue weighted by atomic mass is 9.95. The van der Waals surface area contributed by atoms with Crippen molar-refractivity contribution in [3.63, 3.8) is 0 Å². The van der Waals surface area contributed by atoms with Crippen molar-refractivity contribution >= 4 is 11.7 Å². The second-order valence-electron chi connectivity index (χ2n) is 9.47. The molecule has 0 radical (unpaired) electrons. The number of likely N-dealkylation sites (tertiary alicyclic amines) is 1. The molecule has 1 atom stereocenters. The van der Waals surface area contributed by atoms with Gasteiger partial charge in [-0.15, -0.1) is 0 Å². The number of aryl methyl sites for hydroxylation is 3. The van der Waals surface area contributed by atoms with Gasteiger partial charge in [0.25, 0.3) is 5.91 Å². The van der Waals surface area contributed by atoms with Gasteiger partial charge in [0.2, 0.25) is 0 Å². The zero-order valence-electron chi connectivity index (χ0n) is 18.9. The molecule has 31 heavy (non-hydrogen) atoms. The molecule has 164 valence electrons. The topological polar surface area (TPSA) is 75.1 Å². The van der Waals surface area contributed by atoms with E-state index in [4.69, 9.17) is 9.97 Å². The molecule has 7 heteroatoms. The minimum Gasteiger partial charge on any atom is -0.356 e. The van der Waals surface area contributed by atoms with Crippen molar-refractivity contribution in [1.29, 1.82) is 0 Å². The monoisotopic (exact) mass is 420 g/mol. The Hall–Kier alpha value is -2.57. The number of piperidine rings is 1. The minimum absolute atomic E-state index is 0.0206. The third-order valence-corrected chi connectivity index (χ3v) is 6.94. The maximum Gasteiger partial charge on any atom is 0.257 e. The van der Waals surface area contributed by atoms with Crippen LogP contribution in [-0.4, -0.2) is 56.9 Å². The average Bonchev–Trinajstić information content (AvgIpc) is 3.58. The Morgan fingerprint density at radius 1 is 1.03 bits per heavy atom. The summed E-state index contributed by atoms with van der Waals surface area (Å²) in [7, 11) is 0. The van der Waals surface area contributed by atoms with Crippen LogP contribution in [0.4, 0.5) is 5.82 Å². The maximum absolute atomic E-state index is 13.2. The van der Waals surface area contributed by atoms with E-state index >= 15 is 0 Å². The number of anilines is 1. The summed E-state index contributed by atoms with van der Waals surface area (Å²) in [6.45, 7) is 9.51. The lowest BCUT2D eigenvalue weighted by molar-refractivity contribution is 0.0702. The third-order valence-electron chi connectivity index (χ3n) is 6.94. The van der Waals surface area contributed by atoms with Gasteiger partial charge in [0.05, 0.1) is 11.3 Å². The number of hydrogen-bond donors (Lipinski definition) is 0. The molecule has 1 amide bonds. The average molecular weight is 421 g/mol. The predicted molar refractivity (Wildman–Crippen MR) is 119 cm³/mol. The second-order valence-corrected chi connectivity index (χ2v) is 9.47. The summed E-state index contributed by atoms with van der Waals surface area (Å²) in [6, 6.07) is 0. The molecule has 5 rings (SSSR count). The number of fused-ring (bicyclic) bond motifs is 1. The van der Waals surface area contributed by atoms with Crippen molar-refractivity contribution in [2.75, 3.05) is 31.1 Å². The molecule has 2 aliphatic heterocycles. The highest BCUT2D eigenvalue weighted by Gasteiger charge is 2.32. The summed E-state index contributed by atoms with van der Waals surface area (Å²) in [5.41, 5.74) is 3.79.